The maximum Gasteiger partial charge on any atom is 0.255 e. The molecule has 8 nitrogen and oxygen atoms in total. The van der Waals surface area contributed by atoms with Gasteiger partial charge < -0.3 is 19.1 Å². The molecule has 0 bridgehead atoms. The molecule has 1 aliphatic rings. The van der Waals surface area contributed by atoms with E-state index < -0.39 is 0 Å². The van der Waals surface area contributed by atoms with E-state index >= 15 is 0 Å². The first-order chi connectivity index (χ1) is 15.1. The third-order valence-electron chi connectivity index (χ3n) is 5.71. The van der Waals surface area contributed by atoms with Gasteiger partial charge in [-0.3, -0.25) is 4.79 Å². The van der Waals surface area contributed by atoms with Crippen molar-refractivity contribution < 1.29 is 19.0 Å². The molecule has 4 rings (SSSR count). The number of pyridine rings is 1. The minimum Gasteiger partial charge on any atom is -0.497 e. The predicted molar refractivity (Wildman–Crippen MR) is 117 cm³/mol. The van der Waals surface area contributed by atoms with Gasteiger partial charge in [-0.25, -0.2) is 9.67 Å². The standard InChI is InChI=1S/C23H28N4O4/c1-4-26(13-16-7-8-31-15-16)23(28)19-9-18-12-25-27(22(18)24-11-19)14-17-5-6-20(29-2)10-21(17)30-3/h5-6,9-12,16H,4,7-8,13-15H2,1-3H3. The van der Waals surface area contributed by atoms with Crippen LogP contribution in [0.15, 0.2) is 36.7 Å². The van der Waals surface area contributed by atoms with Crippen LogP contribution in [0.25, 0.3) is 11.0 Å². The number of carbonyl (C=O) groups excluding carboxylic acids is 1. The maximum atomic E-state index is 13.0. The molecule has 2 aromatic heterocycles. The van der Waals surface area contributed by atoms with E-state index in [0.29, 0.717) is 31.1 Å². The molecule has 3 aromatic rings. The van der Waals surface area contributed by atoms with Crippen LogP contribution < -0.4 is 9.47 Å². The number of hydrogen-bond donors (Lipinski definition) is 0. The molecule has 164 valence electrons. The van der Waals surface area contributed by atoms with Gasteiger partial charge >= 0.3 is 0 Å². The summed E-state index contributed by atoms with van der Waals surface area (Å²) >= 11 is 0. The zero-order valence-electron chi connectivity index (χ0n) is 18.2. The number of fused-ring (bicyclic) bond motifs is 1. The van der Waals surface area contributed by atoms with Crippen molar-refractivity contribution in [2.24, 2.45) is 5.92 Å². The van der Waals surface area contributed by atoms with E-state index in [1.54, 1.807) is 31.3 Å². The first-order valence-electron chi connectivity index (χ1n) is 10.5. The molecule has 0 saturated carbocycles. The largest absolute Gasteiger partial charge is 0.497 e. The highest BCUT2D eigenvalue weighted by Crippen LogP contribution is 2.26. The van der Waals surface area contributed by atoms with Crippen LogP contribution in [0.2, 0.25) is 0 Å². The summed E-state index contributed by atoms with van der Waals surface area (Å²) in [7, 11) is 3.26. The van der Waals surface area contributed by atoms with E-state index in [9.17, 15) is 4.79 Å². The Morgan fingerprint density at radius 1 is 1.26 bits per heavy atom. The third kappa shape index (κ3) is 4.49. The van der Waals surface area contributed by atoms with Crippen LogP contribution in [-0.4, -0.2) is 66.1 Å². The lowest BCUT2D eigenvalue weighted by atomic mass is 10.1. The minimum atomic E-state index is -0.00614. The Hall–Kier alpha value is -3.13. The molecule has 1 unspecified atom stereocenters. The van der Waals surface area contributed by atoms with Crippen molar-refractivity contribution in [1.29, 1.82) is 0 Å². The Morgan fingerprint density at radius 3 is 2.84 bits per heavy atom. The van der Waals surface area contributed by atoms with Crippen molar-refractivity contribution in [2.45, 2.75) is 19.9 Å². The lowest BCUT2D eigenvalue weighted by molar-refractivity contribution is 0.0730. The second-order valence-corrected chi connectivity index (χ2v) is 7.69. The summed E-state index contributed by atoms with van der Waals surface area (Å²) in [5, 5.41) is 5.32. The van der Waals surface area contributed by atoms with Crippen LogP contribution in [0.1, 0.15) is 29.3 Å². The van der Waals surface area contributed by atoms with Crippen molar-refractivity contribution in [3.8, 4) is 11.5 Å². The highest BCUT2D eigenvalue weighted by molar-refractivity contribution is 5.96. The average Bonchev–Trinajstić information content (AvgIpc) is 3.47. The maximum absolute atomic E-state index is 13.0. The Morgan fingerprint density at radius 2 is 2.13 bits per heavy atom. The number of nitrogens with zero attached hydrogens (tertiary/aromatic N) is 4. The molecular weight excluding hydrogens is 396 g/mol. The second kappa shape index (κ2) is 9.34. The molecule has 1 fully saturated rings. The number of amides is 1. The Bertz CT molecular complexity index is 1060. The van der Waals surface area contributed by atoms with Crippen molar-refractivity contribution in [1.82, 2.24) is 19.7 Å². The third-order valence-corrected chi connectivity index (χ3v) is 5.71. The van der Waals surface area contributed by atoms with Crippen LogP contribution in [0.5, 0.6) is 11.5 Å². The number of hydrogen-bond acceptors (Lipinski definition) is 6. The van der Waals surface area contributed by atoms with Crippen LogP contribution in [-0.2, 0) is 11.3 Å². The smallest absolute Gasteiger partial charge is 0.255 e. The number of aromatic nitrogens is 3. The van der Waals surface area contributed by atoms with E-state index in [2.05, 4.69) is 10.1 Å². The second-order valence-electron chi connectivity index (χ2n) is 7.69. The zero-order valence-corrected chi connectivity index (χ0v) is 18.2. The molecule has 1 saturated heterocycles. The van der Waals surface area contributed by atoms with Gasteiger partial charge in [-0.15, -0.1) is 0 Å². The molecule has 0 aliphatic carbocycles. The van der Waals surface area contributed by atoms with Crippen LogP contribution >= 0.6 is 0 Å². The summed E-state index contributed by atoms with van der Waals surface area (Å²) in [6.45, 7) is 5.37. The van der Waals surface area contributed by atoms with E-state index in [-0.39, 0.29) is 5.91 Å². The fraction of sp³-hybridized carbons (Fsp3) is 0.435. The van der Waals surface area contributed by atoms with Gasteiger partial charge in [-0.05, 0) is 31.5 Å². The van der Waals surface area contributed by atoms with E-state index in [1.165, 1.54) is 0 Å². The zero-order chi connectivity index (χ0) is 21.8. The summed E-state index contributed by atoms with van der Waals surface area (Å²) in [5.41, 5.74) is 2.27. The molecule has 31 heavy (non-hydrogen) atoms. The molecule has 3 heterocycles. The van der Waals surface area contributed by atoms with Crippen LogP contribution in [0.3, 0.4) is 0 Å². The highest BCUT2D eigenvalue weighted by Gasteiger charge is 2.23. The van der Waals surface area contributed by atoms with E-state index in [1.807, 2.05) is 36.1 Å². The topological polar surface area (TPSA) is 78.7 Å². The van der Waals surface area contributed by atoms with Crippen LogP contribution in [0.4, 0.5) is 0 Å². The SMILES string of the molecule is CCN(CC1CCOC1)C(=O)c1cnc2c(cnn2Cc2ccc(OC)cc2OC)c1. The number of ether oxygens (including phenoxy) is 3. The molecule has 1 aromatic carbocycles. The van der Waals surface area contributed by atoms with Gasteiger partial charge in [0.2, 0.25) is 0 Å². The summed E-state index contributed by atoms with van der Waals surface area (Å²) in [6, 6.07) is 7.56. The van der Waals surface area contributed by atoms with Gasteiger partial charge in [0, 0.05) is 48.8 Å². The number of methoxy groups -OCH3 is 2. The number of rotatable bonds is 8. The van der Waals surface area contributed by atoms with Gasteiger partial charge in [0.15, 0.2) is 5.65 Å². The quantitative estimate of drug-likeness (QED) is 0.553. The van der Waals surface area contributed by atoms with Crippen molar-refractivity contribution in [3.05, 3.63) is 47.8 Å². The number of benzene rings is 1. The van der Waals surface area contributed by atoms with Crippen LogP contribution in [0, 0.1) is 5.92 Å². The molecule has 1 atom stereocenters. The molecule has 8 heteroatoms. The first-order valence-corrected chi connectivity index (χ1v) is 10.5. The average molecular weight is 425 g/mol. The summed E-state index contributed by atoms with van der Waals surface area (Å²) < 4.78 is 18.0. The van der Waals surface area contributed by atoms with Gasteiger partial charge in [0.05, 0.1) is 39.1 Å². The van der Waals surface area contributed by atoms with Gasteiger partial charge in [-0.2, -0.15) is 5.10 Å². The highest BCUT2D eigenvalue weighted by atomic mass is 16.5. The summed E-state index contributed by atoms with van der Waals surface area (Å²) in [6.07, 6.45) is 4.39. The molecule has 0 N–H and O–H groups in total. The minimum absolute atomic E-state index is 0.00614. The lowest BCUT2D eigenvalue weighted by Crippen LogP contribution is -2.35. The lowest BCUT2D eigenvalue weighted by Gasteiger charge is -2.23. The molecule has 1 amide bonds. The fourth-order valence-corrected chi connectivity index (χ4v) is 3.93. The summed E-state index contributed by atoms with van der Waals surface area (Å²) in [5.74, 6) is 1.86. The Kier molecular flexibility index (Phi) is 6.36. The number of carbonyl (C=O) groups is 1. The Labute approximate surface area is 181 Å². The summed E-state index contributed by atoms with van der Waals surface area (Å²) in [4.78, 5) is 19.5. The van der Waals surface area contributed by atoms with Crippen molar-refractivity contribution >= 4 is 16.9 Å². The van der Waals surface area contributed by atoms with Crippen molar-refractivity contribution in [3.63, 3.8) is 0 Å². The Balaban J connectivity index is 1.54. The molecule has 0 spiro atoms. The van der Waals surface area contributed by atoms with Gasteiger partial charge in [0.1, 0.15) is 11.5 Å². The van der Waals surface area contributed by atoms with E-state index in [4.69, 9.17) is 14.2 Å². The molecular formula is C23H28N4O4. The molecule has 1 aliphatic heterocycles. The monoisotopic (exact) mass is 424 g/mol. The fourth-order valence-electron chi connectivity index (χ4n) is 3.93. The van der Waals surface area contributed by atoms with Gasteiger partial charge in [0.25, 0.3) is 5.91 Å². The molecule has 0 radical (unpaired) electrons. The normalized spacial score (nSPS) is 15.9. The van der Waals surface area contributed by atoms with Crippen molar-refractivity contribution in [2.75, 3.05) is 40.5 Å². The van der Waals surface area contributed by atoms with Gasteiger partial charge in [-0.1, -0.05) is 0 Å². The first kappa shape index (κ1) is 21.1. The van der Waals surface area contributed by atoms with E-state index in [0.717, 1.165) is 47.7 Å². The predicted octanol–water partition coefficient (Wildman–Crippen LogP) is 3.00.